The molecule has 0 spiro atoms. The molecule has 2 aromatic carbocycles. The van der Waals surface area contributed by atoms with Crippen LogP contribution >= 0.6 is 27.7 Å². The van der Waals surface area contributed by atoms with Crippen molar-refractivity contribution in [1.82, 2.24) is 14.8 Å². The number of anilines is 1. The second-order valence-corrected chi connectivity index (χ2v) is 8.63. The van der Waals surface area contributed by atoms with Crippen molar-refractivity contribution in [1.29, 1.82) is 0 Å². The largest absolute Gasteiger partial charge is 0.457 e. The van der Waals surface area contributed by atoms with E-state index >= 15 is 0 Å². The van der Waals surface area contributed by atoms with Gasteiger partial charge in [-0.3, -0.25) is 4.79 Å². The third-order valence-corrected chi connectivity index (χ3v) is 6.02. The molecule has 0 aliphatic heterocycles. The number of thioether (sulfide) groups is 1. The maximum absolute atomic E-state index is 12.3. The maximum Gasteiger partial charge on any atom is 0.234 e. The van der Waals surface area contributed by atoms with E-state index in [2.05, 4.69) is 42.9 Å². The van der Waals surface area contributed by atoms with Crippen LogP contribution < -0.4 is 10.1 Å². The predicted octanol–water partition coefficient (Wildman–Crippen LogP) is 5.46. The van der Waals surface area contributed by atoms with Crippen LogP contribution in [-0.4, -0.2) is 26.4 Å². The van der Waals surface area contributed by atoms with Crippen LogP contribution in [0.2, 0.25) is 0 Å². The first-order chi connectivity index (χ1) is 14.1. The lowest BCUT2D eigenvalue weighted by Gasteiger charge is -2.09. The molecule has 1 fully saturated rings. The van der Waals surface area contributed by atoms with Crippen LogP contribution in [-0.2, 0) is 11.3 Å². The molecule has 4 rings (SSSR count). The van der Waals surface area contributed by atoms with E-state index in [4.69, 9.17) is 4.74 Å². The highest BCUT2D eigenvalue weighted by Crippen LogP contribution is 2.40. The second-order valence-electron chi connectivity index (χ2n) is 6.78. The summed E-state index contributed by atoms with van der Waals surface area (Å²) >= 11 is 4.82. The molecule has 0 radical (unpaired) electrons. The van der Waals surface area contributed by atoms with E-state index in [0.29, 0.717) is 17.4 Å². The first-order valence-electron chi connectivity index (χ1n) is 9.51. The van der Waals surface area contributed by atoms with Gasteiger partial charge in [-0.25, -0.2) is 0 Å². The number of halogens is 1. The van der Waals surface area contributed by atoms with Crippen LogP contribution in [0.4, 0.5) is 5.69 Å². The molecule has 1 N–H and O–H groups in total. The fourth-order valence-electron chi connectivity index (χ4n) is 2.92. The number of hydrogen-bond donors (Lipinski definition) is 1. The number of aromatic nitrogens is 3. The third kappa shape index (κ3) is 5.19. The number of hydrogen-bond acceptors (Lipinski definition) is 5. The van der Waals surface area contributed by atoms with Crippen LogP contribution in [0.3, 0.4) is 0 Å². The summed E-state index contributed by atoms with van der Waals surface area (Å²) in [5.41, 5.74) is 0.731. The highest BCUT2D eigenvalue weighted by atomic mass is 79.9. The smallest absolute Gasteiger partial charge is 0.234 e. The highest BCUT2D eigenvalue weighted by Gasteiger charge is 2.30. The SMILES string of the molecule is CCn1c(SCC(=O)Nc2ccc(Oc3ccc(Br)cc3)cc2)nnc1C1CC1. The molecule has 1 aromatic heterocycles. The Morgan fingerprint density at radius 1 is 1.14 bits per heavy atom. The summed E-state index contributed by atoms with van der Waals surface area (Å²) in [7, 11) is 0. The van der Waals surface area contributed by atoms with Gasteiger partial charge in [-0.1, -0.05) is 27.7 Å². The van der Waals surface area contributed by atoms with Gasteiger partial charge in [0.2, 0.25) is 5.91 Å². The lowest BCUT2D eigenvalue weighted by molar-refractivity contribution is -0.113. The zero-order valence-electron chi connectivity index (χ0n) is 16.0. The molecule has 1 heterocycles. The van der Waals surface area contributed by atoms with E-state index in [1.54, 1.807) is 0 Å². The van der Waals surface area contributed by atoms with Gasteiger partial charge in [0.25, 0.3) is 0 Å². The normalized spacial score (nSPS) is 13.3. The Kier molecular flexibility index (Phi) is 6.20. The lowest BCUT2D eigenvalue weighted by atomic mass is 10.3. The molecular weight excluding hydrogens is 452 g/mol. The monoisotopic (exact) mass is 472 g/mol. The summed E-state index contributed by atoms with van der Waals surface area (Å²) in [5, 5.41) is 12.3. The topological polar surface area (TPSA) is 69.0 Å². The molecule has 1 amide bonds. The first-order valence-corrected chi connectivity index (χ1v) is 11.3. The Hall–Kier alpha value is -2.32. The number of rotatable bonds is 8. The zero-order chi connectivity index (χ0) is 20.2. The van der Waals surface area contributed by atoms with Gasteiger partial charge >= 0.3 is 0 Å². The second kappa shape index (κ2) is 9.00. The van der Waals surface area contributed by atoms with Crippen LogP contribution in [0.1, 0.15) is 31.5 Å². The maximum atomic E-state index is 12.3. The number of nitrogens with one attached hydrogen (secondary N) is 1. The molecule has 6 nitrogen and oxygen atoms in total. The van der Waals surface area contributed by atoms with Crippen molar-refractivity contribution in [3.05, 3.63) is 58.8 Å². The molecular formula is C21H21BrN4O2S. The van der Waals surface area contributed by atoms with Gasteiger partial charge in [-0.2, -0.15) is 0 Å². The molecule has 0 atom stereocenters. The van der Waals surface area contributed by atoms with Crippen molar-refractivity contribution in [2.45, 2.75) is 37.4 Å². The van der Waals surface area contributed by atoms with E-state index < -0.39 is 0 Å². The van der Waals surface area contributed by atoms with Gasteiger partial charge in [-0.15, -0.1) is 10.2 Å². The number of amides is 1. The minimum Gasteiger partial charge on any atom is -0.457 e. The molecule has 1 aliphatic rings. The Morgan fingerprint density at radius 3 is 2.41 bits per heavy atom. The molecule has 8 heteroatoms. The lowest BCUT2D eigenvalue weighted by Crippen LogP contribution is -2.14. The summed E-state index contributed by atoms with van der Waals surface area (Å²) in [6.07, 6.45) is 2.37. The summed E-state index contributed by atoms with van der Waals surface area (Å²) < 4.78 is 8.91. The van der Waals surface area contributed by atoms with Crippen LogP contribution in [0.25, 0.3) is 0 Å². The molecule has 0 bridgehead atoms. The number of carbonyl (C=O) groups is 1. The average molecular weight is 473 g/mol. The Balaban J connectivity index is 1.30. The van der Waals surface area contributed by atoms with E-state index in [9.17, 15) is 4.79 Å². The fourth-order valence-corrected chi connectivity index (χ4v) is 3.99. The van der Waals surface area contributed by atoms with E-state index in [-0.39, 0.29) is 5.91 Å². The van der Waals surface area contributed by atoms with Gasteiger partial charge in [0.05, 0.1) is 5.75 Å². The molecule has 3 aromatic rings. The summed E-state index contributed by atoms with van der Waals surface area (Å²) in [6, 6.07) is 15.0. The summed E-state index contributed by atoms with van der Waals surface area (Å²) in [4.78, 5) is 12.3. The van der Waals surface area contributed by atoms with Gasteiger partial charge in [0, 0.05) is 22.6 Å². The van der Waals surface area contributed by atoms with Crippen molar-refractivity contribution in [3.63, 3.8) is 0 Å². The number of ether oxygens (including phenoxy) is 1. The van der Waals surface area contributed by atoms with Crippen LogP contribution in [0.15, 0.2) is 58.2 Å². The quantitative estimate of drug-likeness (QED) is 0.440. The Labute approximate surface area is 182 Å². The summed E-state index contributed by atoms with van der Waals surface area (Å²) in [6.45, 7) is 2.90. The molecule has 0 unspecified atom stereocenters. The fraction of sp³-hybridized carbons (Fsp3) is 0.286. The molecule has 1 aliphatic carbocycles. The number of nitrogens with zero attached hydrogens (tertiary/aromatic N) is 3. The van der Waals surface area contributed by atoms with Crippen LogP contribution in [0.5, 0.6) is 11.5 Å². The van der Waals surface area contributed by atoms with Gasteiger partial charge in [0.15, 0.2) is 5.16 Å². The standard InChI is InChI=1S/C21H21BrN4O2S/c1-2-26-20(14-3-4-14)24-25-21(26)29-13-19(27)23-16-7-11-18(12-8-16)28-17-9-5-15(22)6-10-17/h5-12,14H,2-4,13H2,1H3,(H,23,27). The highest BCUT2D eigenvalue weighted by molar-refractivity contribution is 9.10. The van der Waals surface area contributed by atoms with Gasteiger partial charge in [0.1, 0.15) is 17.3 Å². The van der Waals surface area contributed by atoms with Crippen molar-refractivity contribution < 1.29 is 9.53 Å². The molecule has 0 saturated heterocycles. The van der Waals surface area contributed by atoms with Crippen molar-refractivity contribution >= 4 is 39.3 Å². The first kappa shape index (κ1) is 20.0. The number of carbonyl (C=O) groups excluding carboxylic acids is 1. The van der Waals surface area contributed by atoms with Crippen molar-refractivity contribution in [2.75, 3.05) is 11.1 Å². The Bertz CT molecular complexity index is 985. The minimum atomic E-state index is -0.0739. The number of benzene rings is 2. The van der Waals surface area contributed by atoms with Crippen LogP contribution in [0, 0.1) is 0 Å². The van der Waals surface area contributed by atoms with Gasteiger partial charge < -0.3 is 14.6 Å². The van der Waals surface area contributed by atoms with E-state index in [1.165, 1.54) is 24.6 Å². The molecule has 1 saturated carbocycles. The predicted molar refractivity (Wildman–Crippen MR) is 118 cm³/mol. The average Bonchev–Trinajstić information content (AvgIpc) is 3.49. The van der Waals surface area contributed by atoms with Crippen molar-refractivity contribution in [3.8, 4) is 11.5 Å². The van der Waals surface area contributed by atoms with E-state index in [0.717, 1.165) is 33.4 Å². The molecule has 150 valence electrons. The van der Waals surface area contributed by atoms with Gasteiger partial charge in [-0.05, 0) is 68.3 Å². The van der Waals surface area contributed by atoms with Crippen molar-refractivity contribution in [2.24, 2.45) is 0 Å². The van der Waals surface area contributed by atoms with E-state index in [1.807, 2.05) is 48.5 Å². The minimum absolute atomic E-state index is 0.0739. The zero-order valence-corrected chi connectivity index (χ0v) is 18.4. The summed E-state index contributed by atoms with van der Waals surface area (Å²) in [5.74, 6) is 3.28. The Morgan fingerprint density at radius 2 is 1.79 bits per heavy atom. The molecule has 29 heavy (non-hydrogen) atoms. The third-order valence-electron chi connectivity index (χ3n) is 4.52.